The van der Waals surface area contributed by atoms with Gasteiger partial charge in [0.1, 0.15) is 0 Å². The Kier molecular flexibility index (Phi) is 7.37. The first-order chi connectivity index (χ1) is 7.45. The van der Waals surface area contributed by atoms with Crippen molar-refractivity contribution >= 4 is 27.5 Å². The second-order valence-electron chi connectivity index (χ2n) is 2.95. The number of aryl methyl sites for hydroxylation is 1. The lowest BCUT2D eigenvalue weighted by atomic mass is 10.2. The molecule has 0 spiro atoms. The largest absolute Gasteiger partial charge is 0.326 e. The van der Waals surface area contributed by atoms with E-state index >= 15 is 0 Å². The average molecular weight is 292 g/mol. The van der Waals surface area contributed by atoms with E-state index in [4.69, 9.17) is 0 Å². The van der Waals surface area contributed by atoms with Gasteiger partial charge in [0, 0.05) is 17.6 Å². The molecule has 5 heteroatoms. The fourth-order valence-electron chi connectivity index (χ4n) is 0.840. The van der Waals surface area contributed by atoms with E-state index in [1.165, 1.54) is 12.5 Å². The number of benzene rings is 1. The van der Waals surface area contributed by atoms with Gasteiger partial charge in [-0.05, 0) is 19.1 Å². The van der Waals surface area contributed by atoms with Crippen LogP contribution in [0.15, 0.2) is 35.3 Å². The normalized spacial score (nSPS) is 8.56. The van der Waals surface area contributed by atoms with Crippen molar-refractivity contribution in [1.82, 2.24) is 0 Å². The standard InChI is InChI=1S/C9H11NO.C2HBrF2/c1-7-3-5-9(6-4-7)10-8(2)11;3-1-2(4)5/h3-6H,1-2H3,(H,10,11);1H. The van der Waals surface area contributed by atoms with Crippen molar-refractivity contribution in [3.05, 3.63) is 40.9 Å². The van der Waals surface area contributed by atoms with E-state index in [9.17, 15) is 13.6 Å². The zero-order valence-corrected chi connectivity index (χ0v) is 10.5. The van der Waals surface area contributed by atoms with Gasteiger partial charge in [-0.3, -0.25) is 4.79 Å². The number of carbonyl (C=O) groups is 1. The fourth-order valence-corrected chi connectivity index (χ4v) is 0.840. The van der Waals surface area contributed by atoms with Gasteiger partial charge < -0.3 is 5.32 Å². The van der Waals surface area contributed by atoms with Crippen LogP contribution >= 0.6 is 15.9 Å². The van der Waals surface area contributed by atoms with Crippen LogP contribution in [0.3, 0.4) is 0 Å². The number of nitrogens with one attached hydrogen (secondary N) is 1. The van der Waals surface area contributed by atoms with Crippen LogP contribution < -0.4 is 5.32 Å². The van der Waals surface area contributed by atoms with Crippen LogP contribution in [-0.4, -0.2) is 5.91 Å². The van der Waals surface area contributed by atoms with Gasteiger partial charge in [0.25, 0.3) is 6.08 Å². The van der Waals surface area contributed by atoms with Gasteiger partial charge in [-0.2, -0.15) is 8.78 Å². The Morgan fingerprint density at radius 2 is 1.75 bits per heavy atom. The van der Waals surface area contributed by atoms with Crippen LogP contribution in [0.4, 0.5) is 14.5 Å². The van der Waals surface area contributed by atoms with E-state index in [2.05, 4.69) is 21.2 Å². The average Bonchev–Trinajstić information content (AvgIpc) is 2.22. The van der Waals surface area contributed by atoms with Crippen LogP contribution in [0, 0.1) is 6.92 Å². The van der Waals surface area contributed by atoms with E-state index in [0.29, 0.717) is 4.99 Å². The van der Waals surface area contributed by atoms with Crippen LogP contribution in [-0.2, 0) is 4.79 Å². The van der Waals surface area contributed by atoms with Crippen molar-refractivity contribution in [3.8, 4) is 0 Å². The van der Waals surface area contributed by atoms with E-state index in [1.54, 1.807) is 0 Å². The fraction of sp³-hybridized carbons (Fsp3) is 0.182. The van der Waals surface area contributed by atoms with Crippen LogP contribution in [0.5, 0.6) is 0 Å². The first-order valence-corrected chi connectivity index (χ1v) is 5.33. The molecule has 0 aliphatic rings. The molecule has 0 atom stereocenters. The van der Waals surface area contributed by atoms with E-state index < -0.39 is 6.08 Å². The molecule has 1 aromatic rings. The van der Waals surface area contributed by atoms with Crippen molar-refractivity contribution < 1.29 is 13.6 Å². The molecule has 2 nitrogen and oxygen atoms in total. The SMILES string of the molecule is CC(=O)Nc1ccc(C)cc1.FC(F)=CBr. The summed E-state index contributed by atoms with van der Waals surface area (Å²) in [5.74, 6) is -0.0335. The Bertz CT molecular complexity index is 359. The minimum atomic E-state index is -1.70. The van der Waals surface area contributed by atoms with Crippen molar-refractivity contribution in [2.75, 3.05) is 5.32 Å². The summed E-state index contributed by atoms with van der Waals surface area (Å²) in [7, 11) is 0. The number of rotatable bonds is 1. The maximum absolute atomic E-state index is 10.6. The predicted octanol–water partition coefficient (Wildman–Crippen LogP) is 4.07. The van der Waals surface area contributed by atoms with Crippen molar-refractivity contribution in [1.29, 1.82) is 0 Å². The summed E-state index contributed by atoms with van der Waals surface area (Å²) in [4.78, 5) is 11.1. The molecule has 1 N–H and O–H groups in total. The molecule has 0 aliphatic carbocycles. The number of anilines is 1. The number of amides is 1. The zero-order chi connectivity index (χ0) is 12.6. The molecule has 16 heavy (non-hydrogen) atoms. The number of halogens is 3. The molecule has 0 aliphatic heterocycles. The Balaban J connectivity index is 0.000000385. The third-order valence-electron chi connectivity index (χ3n) is 1.45. The summed E-state index contributed by atoms with van der Waals surface area (Å²) in [6, 6.07) is 7.70. The molecule has 1 aromatic carbocycles. The molecule has 1 amide bonds. The quantitative estimate of drug-likeness (QED) is 0.830. The third kappa shape index (κ3) is 8.11. The van der Waals surface area contributed by atoms with E-state index in [1.807, 2.05) is 31.2 Å². The highest BCUT2D eigenvalue weighted by Gasteiger charge is 1.92. The summed E-state index contributed by atoms with van der Waals surface area (Å²) in [5.41, 5.74) is 2.04. The van der Waals surface area contributed by atoms with Gasteiger partial charge in [0.15, 0.2) is 0 Å². The van der Waals surface area contributed by atoms with Crippen molar-refractivity contribution in [2.45, 2.75) is 13.8 Å². The highest BCUT2D eigenvalue weighted by atomic mass is 79.9. The molecule has 0 saturated heterocycles. The second-order valence-corrected chi connectivity index (χ2v) is 3.40. The highest BCUT2D eigenvalue weighted by molar-refractivity contribution is 9.11. The van der Waals surface area contributed by atoms with Gasteiger partial charge >= 0.3 is 0 Å². The third-order valence-corrected chi connectivity index (χ3v) is 1.80. The molecule has 0 saturated carbocycles. The Morgan fingerprint density at radius 3 is 2.06 bits per heavy atom. The van der Waals surface area contributed by atoms with Crippen LogP contribution in [0.1, 0.15) is 12.5 Å². The lowest BCUT2D eigenvalue weighted by Gasteiger charge is -2.00. The van der Waals surface area contributed by atoms with Gasteiger partial charge in [-0.1, -0.05) is 33.6 Å². The smallest absolute Gasteiger partial charge is 0.277 e. The van der Waals surface area contributed by atoms with Gasteiger partial charge in [-0.25, -0.2) is 0 Å². The monoisotopic (exact) mass is 291 g/mol. The Hall–Kier alpha value is -1.23. The van der Waals surface area contributed by atoms with Gasteiger partial charge in [-0.15, -0.1) is 0 Å². The topological polar surface area (TPSA) is 29.1 Å². The number of hydrogen-bond acceptors (Lipinski definition) is 1. The lowest BCUT2D eigenvalue weighted by Crippen LogP contribution is -2.05. The second kappa shape index (κ2) is 7.98. The van der Waals surface area contributed by atoms with Gasteiger partial charge in [0.05, 0.1) is 0 Å². The molecule has 0 bridgehead atoms. The molecular formula is C11H12BrF2NO. The maximum Gasteiger partial charge on any atom is 0.277 e. The van der Waals surface area contributed by atoms with Crippen molar-refractivity contribution in [2.24, 2.45) is 0 Å². The summed E-state index contributed by atoms with van der Waals surface area (Å²) in [6.45, 7) is 3.51. The summed E-state index contributed by atoms with van der Waals surface area (Å²) in [5, 5.41) is 2.69. The molecular weight excluding hydrogens is 280 g/mol. The first kappa shape index (κ1) is 14.8. The molecule has 0 unspecified atom stereocenters. The molecule has 0 radical (unpaired) electrons. The molecule has 0 fully saturated rings. The van der Waals surface area contributed by atoms with Crippen LogP contribution in [0.25, 0.3) is 0 Å². The van der Waals surface area contributed by atoms with Crippen molar-refractivity contribution in [3.63, 3.8) is 0 Å². The number of hydrogen-bond donors (Lipinski definition) is 1. The summed E-state index contributed by atoms with van der Waals surface area (Å²) < 4.78 is 21.2. The van der Waals surface area contributed by atoms with E-state index in [-0.39, 0.29) is 5.91 Å². The molecule has 0 heterocycles. The maximum atomic E-state index is 10.6. The van der Waals surface area contributed by atoms with Gasteiger partial charge in [0.2, 0.25) is 5.91 Å². The summed E-state index contributed by atoms with van der Waals surface area (Å²) >= 11 is 2.40. The molecule has 1 rings (SSSR count). The minimum absolute atomic E-state index is 0.0335. The highest BCUT2D eigenvalue weighted by Crippen LogP contribution is 2.07. The first-order valence-electron chi connectivity index (χ1n) is 4.41. The Labute approximate surface area is 101 Å². The number of carbonyl (C=O) groups excluding carboxylic acids is 1. The molecule has 0 aromatic heterocycles. The minimum Gasteiger partial charge on any atom is -0.326 e. The van der Waals surface area contributed by atoms with E-state index in [0.717, 1.165) is 5.69 Å². The van der Waals surface area contributed by atoms with Crippen LogP contribution in [0.2, 0.25) is 0 Å². The Morgan fingerprint density at radius 1 is 1.31 bits per heavy atom. The predicted molar refractivity (Wildman–Crippen MR) is 64.7 cm³/mol. The molecule has 88 valence electrons. The zero-order valence-electron chi connectivity index (χ0n) is 8.93. The lowest BCUT2D eigenvalue weighted by molar-refractivity contribution is -0.114. The summed E-state index contributed by atoms with van der Waals surface area (Å²) in [6.07, 6.45) is -1.70.